The standard InChI is InChI=1S/C18H27N3O3S/c22-17(14-15-4-2-13-25-15)21-8-1-5-16(21)18(23)19-6-3-7-20-9-11-24-12-10-20/h2,4,13,16H,1,3,5-12,14H2,(H,19,23)/t16-/m1/s1. The third-order valence-electron chi connectivity index (χ3n) is 4.84. The molecular weight excluding hydrogens is 338 g/mol. The van der Waals surface area contributed by atoms with Crippen molar-refractivity contribution in [3.63, 3.8) is 0 Å². The highest BCUT2D eigenvalue weighted by Crippen LogP contribution is 2.20. The van der Waals surface area contributed by atoms with E-state index in [0.29, 0.717) is 19.5 Å². The van der Waals surface area contributed by atoms with Crippen LogP contribution in [0.15, 0.2) is 17.5 Å². The van der Waals surface area contributed by atoms with Crippen LogP contribution in [0.5, 0.6) is 0 Å². The molecule has 0 unspecified atom stereocenters. The summed E-state index contributed by atoms with van der Waals surface area (Å²) >= 11 is 1.59. The first-order chi connectivity index (χ1) is 12.2. The van der Waals surface area contributed by atoms with Crippen LogP contribution in [0.3, 0.4) is 0 Å². The van der Waals surface area contributed by atoms with Crippen LogP contribution >= 0.6 is 11.3 Å². The van der Waals surface area contributed by atoms with Crippen LogP contribution in [0, 0.1) is 0 Å². The molecule has 2 aliphatic heterocycles. The van der Waals surface area contributed by atoms with E-state index in [1.165, 1.54) is 0 Å². The summed E-state index contributed by atoms with van der Waals surface area (Å²) in [5.74, 6) is 0.0624. The van der Waals surface area contributed by atoms with Crippen LogP contribution in [0.2, 0.25) is 0 Å². The first-order valence-corrected chi connectivity index (χ1v) is 10.0. The summed E-state index contributed by atoms with van der Waals surface area (Å²) in [5.41, 5.74) is 0. The van der Waals surface area contributed by atoms with Crippen LogP contribution in [0.25, 0.3) is 0 Å². The monoisotopic (exact) mass is 365 g/mol. The van der Waals surface area contributed by atoms with Crippen LogP contribution < -0.4 is 5.32 Å². The minimum absolute atomic E-state index is 0.000919. The molecule has 7 heteroatoms. The molecule has 0 bridgehead atoms. The SMILES string of the molecule is O=C(NCCCN1CCOCC1)[C@H]1CCCN1C(=O)Cc1cccs1. The fourth-order valence-corrected chi connectivity index (χ4v) is 4.15. The summed E-state index contributed by atoms with van der Waals surface area (Å²) in [5, 5.41) is 5.00. The van der Waals surface area contributed by atoms with E-state index in [9.17, 15) is 9.59 Å². The fraction of sp³-hybridized carbons (Fsp3) is 0.667. The van der Waals surface area contributed by atoms with E-state index in [1.807, 2.05) is 17.5 Å². The number of nitrogens with zero attached hydrogens (tertiary/aromatic N) is 2. The number of amides is 2. The minimum atomic E-state index is -0.296. The summed E-state index contributed by atoms with van der Waals surface area (Å²) in [6, 6.07) is 3.63. The molecule has 2 amide bonds. The zero-order valence-electron chi connectivity index (χ0n) is 14.6. The number of carbonyl (C=O) groups excluding carboxylic acids is 2. The smallest absolute Gasteiger partial charge is 0.242 e. The third-order valence-corrected chi connectivity index (χ3v) is 5.71. The van der Waals surface area contributed by atoms with E-state index in [2.05, 4.69) is 10.2 Å². The molecule has 0 radical (unpaired) electrons. The first-order valence-electron chi connectivity index (χ1n) is 9.14. The van der Waals surface area contributed by atoms with Crippen LogP contribution in [-0.4, -0.2) is 73.6 Å². The van der Waals surface area contributed by atoms with Gasteiger partial charge in [0.1, 0.15) is 6.04 Å². The maximum absolute atomic E-state index is 12.5. The number of hydrogen-bond acceptors (Lipinski definition) is 5. The molecule has 138 valence electrons. The largest absolute Gasteiger partial charge is 0.379 e. The summed E-state index contributed by atoms with van der Waals surface area (Å²) in [6.07, 6.45) is 3.01. The summed E-state index contributed by atoms with van der Waals surface area (Å²) in [4.78, 5) is 30.2. The molecule has 2 fully saturated rings. The Labute approximate surface area is 153 Å². The maximum atomic E-state index is 12.5. The van der Waals surface area contributed by atoms with Crippen molar-refractivity contribution in [3.05, 3.63) is 22.4 Å². The number of carbonyl (C=O) groups is 2. The number of likely N-dealkylation sites (tertiary alicyclic amines) is 1. The van der Waals surface area contributed by atoms with Crippen LogP contribution in [0.1, 0.15) is 24.1 Å². The molecule has 2 saturated heterocycles. The van der Waals surface area contributed by atoms with E-state index in [0.717, 1.165) is 57.0 Å². The zero-order chi connectivity index (χ0) is 17.5. The second-order valence-corrected chi connectivity index (χ2v) is 7.63. The molecule has 2 aliphatic rings. The normalized spacial score (nSPS) is 21.4. The van der Waals surface area contributed by atoms with Gasteiger partial charge in [-0.05, 0) is 37.3 Å². The predicted molar refractivity (Wildman–Crippen MR) is 97.6 cm³/mol. The van der Waals surface area contributed by atoms with Crippen molar-refractivity contribution in [3.8, 4) is 0 Å². The van der Waals surface area contributed by atoms with Gasteiger partial charge in [-0.3, -0.25) is 14.5 Å². The Morgan fingerprint density at radius 1 is 1.28 bits per heavy atom. The van der Waals surface area contributed by atoms with Crippen molar-refractivity contribution in [2.45, 2.75) is 31.7 Å². The molecule has 3 rings (SSSR count). The van der Waals surface area contributed by atoms with Crippen molar-refractivity contribution < 1.29 is 14.3 Å². The van der Waals surface area contributed by atoms with Crippen molar-refractivity contribution >= 4 is 23.2 Å². The van der Waals surface area contributed by atoms with Crippen molar-refractivity contribution in [1.82, 2.24) is 15.1 Å². The second-order valence-electron chi connectivity index (χ2n) is 6.60. The summed E-state index contributed by atoms with van der Waals surface area (Å²) < 4.78 is 5.34. The lowest BCUT2D eigenvalue weighted by Crippen LogP contribution is -2.47. The second kappa shape index (κ2) is 9.31. The highest BCUT2D eigenvalue weighted by atomic mass is 32.1. The van der Waals surface area contributed by atoms with Crippen LogP contribution in [-0.2, 0) is 20.7 Å². The minimum Gasteiger partial charge on any atom is -0.379 e. The average molecular weight is 365 g/mol. The average Bonchev–Trinajstić information content (AvgIpc) is 3.31. The van der Waals surface area contributed by atoms with Gasteiger partial charge in [-0.25, -0.2) is 0 Å². The van der Waals surface area contributed by atoms with Crippen molar-refractivity contribution in [2.24, 2.45) is 0 Å². The quantitative estimate of drug-likeness (QED) is 0.736. The van der Waals surface area contributed by atoms with Gasteiger partial charge in [0.2, 0.25) is 11.8 Å². The Hall–Kier alpha value is -1.44. The number of nitrogens with one attached hydrogen (secondary N) is 1. The van der Waals surface area contributed by atoms with Gasteiger partial charge >= 0.3 is 0 Å². The Kier molecular flexibility index (Phi) is 6.84. The first kappa shape index (κ1) is 18.4. The molecule has 0 aliphatic carbocycles. The van der Waals surface area contributed by atoms with Crippen molar-refractivity contribution in [1.29, 1.82) is 0 Å². The van der Waals surface area contributed by atoms with Gasteiger partial charge in [0.05, 0.1) is 19.6 Å². The van der Waals surface area contributed by atoms with Gasteiger partial charge in [0, 0.05) is 31.1 Å². The molecule has 6 nitrogen and oxygen atoms in total. The van der Waals surface area contributed by atoms with Gasteiger partial charge < -0.3 is 15.0 Å². The Morgan fingerprint density at radius 2 is 2.12 bits per heavy atom. The van der Waals surface area contributed by atoms with Gasteiger partial charge in [-0.2, -0.15) is 0 Å². The van der Waals surface area contributed by atoms with E-state index in [4.69, 9.17) is 4.74 Å². The Morgan fingerprint density at radius 3 is 2.88 bits per heavy atom. The number of ether oxygens (including phenoxy) is 1. The molecule has 1 aromatic heterocycles. The number of rotatable bonds is 7. The molecule has 0 spiro atoms. The Bertz CT molecular complexity index is 558. The molecule has 1 aromatic rings. The Balaban J connectivity index is 1.40. The predicted octanol–water partition coefficient (Wildman–Crippen LogP) is 1.12. The lowest BCUT2D eigenvalue weighted by atomic mass is 10.2. The highest BCUT2D eigenvalue weighted by Gasteiger charge is 2.33. The zero-order valence-corrected chi connectivity index (χ0v) is 15.4. The lowest BCUT2D eigenvalue weighted by molar-refractivity contribution is -0.137. The summed E-state index contributed by atoms with van der Waals surface area (Å²) in [6.45, 7) is 5.89. The van der Waals surface area contributed by atoms with E-state index >= 15 is 0 Å². The van der Waals surface area contributed by atoms with Gasteiger partial charge in [-0.15, -0.1) is 11.3 Å². The molecule has 0 saturated carbocycles. The molecule has 3 heterocycles. The fourth-order valence-electron chi connectivity index (χ4n) is 3.46. The van der Waals surface area contributed by atoms with E-state index in [1.54, 1.807) is 16.2 Å². The van der Waals surface area contributed by atoms with Gasteiger partial charge in [-0.1, -0.05) is 6.07 Å². The van der Waals surface area contributed by atoms with Gasteiger partial charge in [0.15, 0.2) is 0 Å². The highest BCUT2D eigenvalue weighted by molar-refractivity contribution is 7.10. The van der Waals surface area contributed by atoms with E-state index < -0.39 is 0 Å². The number of morpholine rings is 1. The summed E-state index contributed by atoms with van der Waals surface area (Å²) in [7, 11) is 0. The lowest BCUT2D eigenvalue weighted by Gasteiger charge is -2.27. The molecule has 1 N–H and O–H groups in total. The van der Waals surface area contributed by atoms with E-state index in [-0.39, 0.29) is 17.9 Å². The van der Waals surface area contributed by atoms with Crippen molar-refractivity contribution in [2.75, 3.05) is 45.9 Å². The molecule has 25 heavy (non-hydrogen) atoms. The number of thiophene rings is 1. The topological polar surface area (TPSA) is 61.9 Å². The van der Waals surface area contributed by atoms with Crippen LogP contribution in [0.4, 0.5) is 0 Å². The number of hydrogen-bond donors (Lipinski definition) is 1. The molecule has 1 atom stereocenters. The molecular formula is C18H27N3O3S. The third kappa shape index (κ3) is 5.26. The molecule has 0 aromatic carbocycles. The maximum Gasteiger partial charge on any atom is 0.242 e. The van der Waals surface area contributed by atoms with Gasteiger partial charge in [0.25, 0.3) is 0 Å².